The lowest BCUT2D eigenvalue weighted by molar-refractivity contribution is -0.135. The number of para-hydroxylation sites is 1. The number of benzene rings is 1. The third-order valence-corrected chi connectivity index (χ3v) is 5.33. The van der Waals surface area contributed by atoms with Gasteiger partial charge >= 0.3 is 0 Å². The fourth-order valence-corrected chi connectivity index (χ4v) is 3.86. The second-order valence-corrected chi connectivity index (χ2v) is 7.19. The maximum Gasteiger partial charge on any atom is 0.290 e. The van der Waals surface area contributed by atoms with E-state index in [2.05, 4.69) is 5.32 Å². The van der Waals surface area contributed by atoms with Crippen LogP contribution in [0, 0.1) is 0 Å². The average Bonchev–Trinajstić information content (AvgIpc) is 3.21. The number of carbonyl (C=O) groups is 2. The Bertz CT molecular complexity index is 820. The number of hydrogen-bond donors (Lipinski definition) is 1. The molecule has 2 aliphatic rings. The molecule has 4 rings (SSSR count). The van der Waals surface area contributed by atoms with Gasteiger partial charge in [0, 0.05) is 37.8 Å². The Morgan fingerprint density at radius 2 is 2.07 bits per heavy atom. The van der Waals surface area contributed by atoms with Crippen molar-refractivity contribution in [1.29, 1.82) is 0 Å². The second-order valence-electron chi connectivity index (χ2n) is 7.19. The summed E-state index contributed by atoms with van der Waals surface area (Å²) < 4.78 is 11.3. The predicted octanol–water partition coefficient (Wildman–Crippen LogP) is 1.89. The molecule has 3 heterocycles. The highest BCUT2D eigenvalue weighted by atomic mass is 16.5. The van der Waals surface area contributed by atoms with Gasteiger partial charge in [0.05, 0.1) is 12.8 Å². The lowest BCUT2D eigenvalue weighted by Gasteiger charge is -2.40. The lowest BCUT2D eigenvalue weighted by atomic mass is 10.0. The molecule has 2 aromatic rings. The quantitative estimate of drug-likeness (QED) is 0.854. The van der Waals surface area contributed by atoms with Crippen LogP contribution in [0.1, 0.15) is 29.0 Å². The first-order chi connectivity index (χ1) is 13.7. The van der Waals surface area contributed by atoms with Gasteiger partial charge in [-0.15, -0.1) is 0 Å². The van der Waals surface area contributed by atoms with Crippen molar-refractivity contribution >= 4 is 11.8 Å². The van der Waals surface area contributed by atoms with E-state index in [0.717, 1.165) is 30.7 Å². The maximum absolute atomic E-state index is 13.1. The lowest BCUT2D eigenvalue weighted by Crippen LogP contribution is -2.57. The Balaban J connectivity index is 1.41. The minimum atomic E-state index is -0.135. The molecule has 1 atom stereocenters. The third-order valence-electron chi connectivity index (χ3n) is 5.33. The van der Waals surface area contributed by atoms with Crippen molar-refractivity contribution in [1.82, 2.24) is 15.1 Å². The molecule has 0 saturated carbocycles. The summed E-state index contributed by atoms with van der Waals surface area (Å²) in [6.45, 7) is 3.37. The topological polar surface area (TPSA) is 75.0 Å². The Morgan fingerprint density at radius 1 is 1.21 bits per heavy atom. The number of likely N-dealkylation sites (tertiary alicyclic amines) is 1. The molecule has 0 radical (unpaired) electrons. The summed E-state index contributed by atoms with van der Waals surface area (Å²) in [6, 6.07) is 11.3. The number of piperazine rings is 1. The van der Waals surface area contributed by atoms with Crippen LogP contribution in [0.4, 0.5) is 0 Å². The van der Waals surface area contributed by atoms with E-state index >= 15 is 0 Å². The molecule has 0 spiro atoms. The van der Waals surface area contributed by atoms with Crippen LogP contribution in [0.25, 0.3) is 0 Å². The van der Waals surface area contributed by atoms with Crippen LogP contribution in [-0.4, -0.2) is 60.4 Å². The van der Waals surface area contributed by atoms with Crippen molar-refractivity contribution in [2.75, 3.05) is 32.7 Å². The van der Waals surface area contributed by atoms with Crippen LogP contribution < -0.4 is 10.1 Å². The maximum atomic E-state index is 13.1. The van der Waals surface area contributed by atoms with E-state index in [1.54, 1.807) is 11.0 Å². The molecule has 2 saturated heterocycles. The standard InChI is InChI=1S/C21H25N3O4/c25-19-13-22-9-11-24(19)17-5-4-10-23(14-17)21(26)20-16(8-12-27-20)15-28-18-6-2-1-3-7-18/h1-3,6-8,12,17,22H,4-5,9-11,13-15H2. The van der Waals surface area contributed by atoms with Crippen molar-refractivity contribution in [3.63, 3.8) is 0 Å². The van der Waals surface area contributed by atoms with E-state index < -0.39 is 0 Å². The van der Waals surface area contributed by atoms with E-state index in [1.165, 1.54) is 6.26 Å². The van der Waals surface area contributed by atoms with Gasteiger partial charge < -0.3 is 24.3 Å². The predicted molar refractivity (Wildman–Crippen MR) is 103 cm³/mol. The first-order valence-electron chi connectivity index (χ1n) is 9.76. The number of amides is 2. The van der Waals surface area contributed by atoms with E-state index in [0.29, 0.717) is 31.9 Å². The fourth-order valence-electron chi connectivity index (χ4n) is 3.86. The van der Waals surface area contributed by atoms with Gasteiger partial charge in [0.2, 0.25) is 5.91 Å². The molecule has 1 N–H and O–H groups in total. The SMILES string of the molecule is O=C(c1occc1COc1ccccc1)N1CCCC(N2CCNCC2=O)C1. The molecular formula is C21H25N3O4. The highest BCUT2D eigenvalue weighted by Gasteiger charge is 2.33. The Labute approximate surface area is 164 Å². The molecule has 7 heteroatoms. The Hall–Kier alpha value is -2.80. The van der Waals surface area contributed by atoms with Gasteiger partial charge in [0.25, 0.3) is 5.91 Å². The molecule has 1 aromatic heterocycles. The molecule has 7 nitrogen and oxygen atoms in total. The molecular weight excluding hydrogens is 358 g/mol. The van der Waals surface area contributed by atoms with Crippen LogP contribution >= 0.6 is 0 Å². The zero-order valence-electron chi connectivity index (χ0n) is 15.8. The minimum Gasteiger partial charge on any atom is -0.489 e. The molecule has 0 aliphatic carbocycles. The Morgan fingerprint density at radius 3 is 2.89 bits per heavy atom. The summed E-state index contributed by atoms with van der Waals surface area (Å²) >= 11 is 0. The second kappa shape index (κ2) is 8.48. The van der Waals surface area contributed by atoms with Crippen LogP contribution in [0.3, 0.4) is 0 Å². The van der Waals surface area contributed by atoms with Gasteiger partial charge in [0.1, 0.15) is 12.4 Å². The minimum absolute atomic E-state index is 0.0753. The van der Waals surface area contributed by atoms with Gasteiger partial charge in [-0.2, -0.15) is 0 Å². The number of carbonyl (C=O) groups excluding carboxylic acids is 2. The summed E-state index contributed by atoms with van der Waals surface area (Å²) in [7, 11) is 0. The largest absolute Gasteiger partial charge is 0.489 e. The van der Waals surface area contributed by atoms with E-state index in [1.807, 2.05) is 35.2 Å². The number of piperidine rings is 1. The molecule has 28 heavy (non-hydrogen) atoms. The summed E-state index contributed by atoms with van der Waals surface area (Å²) in [5.74, 6) is 1.05. The molecule has 2 aliphatic heterocycles. The number of rotatable bonds is 5. The summed E-state index contributed by atoms with van der Waals surface area (Å²) in [5, 5.41) is 3.09. The number of nitrogens with one attached hydrogen (secondary N) is 1. The molecule has 148 valence electrons. The zero-order chi connectivity index (χ0) is 19.3. The third kappa shape index (κ3) is 4.04. The van der Waals surface area contributed by atoms with E-state index in [4.69, 9.17) is 9.15 Å². The van der Waals surface area contributed by atoms with Crippen molar-refractivity contribution in [2.45, 2.75) is 25.5 Å². The summed E-state index contributed by atoms with van der Waals surface area (Å²) in [4.78, 5) is 29.0. The van der Waals surface area contributed by atoms with Crippen molar-refractivity contribution < 1.29 is 18.7 Å². The van der Waals surface area contributed by atoms with Gasteiger partial charge in [0.15, 0.2) is 5.76 Å². The molecule has 2 fully saturated rings. The van der Waals surface area contributed by atoms with Gasteiger partial charge in [-0.25, -0.2) is 0 Å². The van der Waals surface area contributed by atoms with Crippen LogP contribution in [0.15, 0.2) is 47.1 Å². The summed E-state index contributed by atoms with van der Waals surface area (Å²) in [5.41, 5.74) is 0.731. The monoisotopic (exact) mass is 383 g/mol. The van der Waals surface area contributed by atoms with Crippen LogP contribution in [-0.2, 0) is 11.4 Å². The van der Waals surface area contributed by atoms with E-state index in [-0.39, 0.29) is 24.5 Å². The Kier molecular flexibility index (Phi) is 5.62. The highest BCUT2D eigenvalue weighted by Crippen LogP contribution is 2.22. The average molecular weight is 383 g/mol. The van der Waals surface area contributed by atoms with Gasteiger partial charge in [-0.05, 0) is 31.0 Å². The fraction of sp³-hybridized carbons (Fsp3) is 0.429. The van der Waals surface area contributed by atoms with Gasteiger partial charge in [-0.3, -0.25) is 9.59 Å². The zero-order valence-corrected chi connectivity index (χ0v) is 15.8. The summed E-state index contributed by atoms with van der Waals surface area (Å²) in [6.07, 6.45) is 3.33. The highest BCUT2D eigenvalue weighted by molar-refractivity contribution is 5.93. The van der Waals surface area contributed by atoms with Gasteiger partial charge in [-0.1, -0.05) is 18.2 Å². The van der Waals surface area contributed by atoms with Crippen molar-refractivity contribution in [2.24, 2.45) is 0 Å². The van der Waals surface area contributed by atoms with Crippen molar-refractivity contribution in [3.8, 4) is 5.75 Å². The first kappa shape index (κ1) is 18.6. The first-order valence-corrected chi connectivity index (χ1v) is 9.76. The number of hydrogen-bond acceptors (Lipinski definition) is 5. The van der Waals surface area contributed by atoms with E-state index in [9.17, 15) is 9.59 Å². The number of nitrogens with zero attached hydrogens (tertiary/aromatic N) is 2. The molecule has 1 unspecified atom stereocenters. The molecule has 1 aromatic carbocycles. The van der Waals surface area contributed by atoms with Crippen molar-refractivity contribution in [3.05, 3.63) is 54.0 Å². The number of furan rings is 1. The van der Waals surface area contributed by atoms with Crippen LogP contribution in [0.2, 0.25) is 0 Å². The molecule has 2 amide bonds. The number of ether oxygens (including phenoxy) is 1. The normalized spacial score (nSPS) is 20.3. The van der Waals surface area contributed by atoms with Crippen LogP contribution in [0.5, 0.6) is 5.75 Å². The molecule has 0 bridgehead atoms. The smallest absolute Gasteiger partial charge is 0.290 e.